The van der Waals surface area contributed by atoms with Crippen LogP contribution in [0.4, 0.5) is 0 Å². The predicted octanol–water partition coefficient (Wildman–Crippen LogP) is 5.20. The fraction of sp³-hybridized carbons (Fsp3) is 0. The van der Waals surface area contributed by atoms with Crippen molar-refractivity contribution < 1.29 is 14.9 Å². The Morgan fingerprint density at radius 2 is 1.00 bits per heavy atom. The Kier molecular flexibility index (Phi) is 3.05. The van der Waals surface area contributed by atoms with Gasteiger partial charge in [0.2, 0.25) is 0 Å². The average Bonchev–Trinajstić information content (AvgIpc) is 2.55. The number of benzene rings is 4. The summed E-state index contributed by atoms with van der Waals surface area (Å²) in [5.41, 5.74) is 0. The zero-order chi connectivity index (χ0) is 15.8. The highest BCUT2D eigenvalue weighted by atomic mass is 16.5. The molecule has 0 saturated heterocycles. The normalized spacial score (nSPS) is 11.0. The largest absolute Gasteiger partial charge is 0.507 e. The van der Waals surface area contributed by atoms with Gasteiger partial charge in [0.15, 0.2) is 0 Å². The molecule has 0 amide bonds. The van der Waals surface area contributed by atoms with Crippen LogP contribution in [0.25, 0.3) is 21.5 Å². The van der Waals surface area contributed by atoms with Gasteiger partial charge in [-0.25, -0.2) is 0 Å². The smallest absolute Gasteiger partial charge is 0.131 e. The van der Waals surface area contributed by atoms with Crippen LogP contribution in [-0.4, -0.2) is 10.2 Å². The number of phenolic OH excluding ortho intramolecular Hbond substituents is 2. The monoisotopic (exact) mass is 302 g/mol. The Morgan fingerprint density at radius 3 is 1.48 bits per heavy atom. The lowest BCUT2D eigenvalue weighted by molar-refractivity contribution is 0.451. The van der Waals surface area contributed by atoms with Crippen LogP contribution >= 0.6 is 0 Å². The van der Waals surface area contributed by atoms with E-state index in [0.717, 1.165) is 21.5 Å². The fourth-order valence-corrected chi connectivity index (χ4v) is 2.78. The molecule has 0 atom stereocenters. The zero-order valence-electron chi connectivity index (χ0n) is 12.2. The Labute approximate surface area is 133 Å². The van der Waals surface area contributed by atoms with Crippen molar-refractivity contribution in [2.45, 2.75) is 0 Å². The molecule has 0 aliphatic carbocycles. The number of aromatic hydroxyl groups is 2. The van der Waals surface area contributed by atoms with E-state index < -0.39 is 0 Å². The van der Waals surface area contributed by atoms with Crippen molar-refractivity contribution in [3.63, 3.8) is 0 Å². The maximum Gasteiger partial charge on any atom is 0.131 e. The lowest BCUT2D eigenvalue weighted by Gasteiger charge is -2.10. The first-order valence-electron chi connectivity index (χ1n) is 7.32. The Morgan fingerprint density at radius 1 is 0.565 bits per heavy atom. The average molecular weight is 302 g/mol. The predicted molar refractivity (Wildman–Crippen MR) is 91.3 cm³/mol. The molecule has 0 aliphatic heterocycles. The summed E-state index contributed by atoms with van der Waals surface area (Å²) in [6, 6.07) is 22.0. The molecule has 3 nitrogen and oxygen atoms in total. The number of phenols is 2. The summed E-state index contributed by atoms with van der Waals surface area (Å²) in [4.78, 5) is 0. The van der Waals surface area contributed by atoms with Crippen molar-refractivity contribution in [1.82, 2.24) is 0 Å². The van der Waals surface area contributed by atoms with E-state index in [1.54, 1.807) is 12.1 Å². The highest BCUT2D eigenvalue weighted by Crippen LogP contribution is 2.35. The minimum Gasteiger partial charge on any atom is -0.507 e. The molecule has 0 spiro atoms. The first-order valence-corrected chi connectivity index (χ1v) is 7.32. The molecule has 2 N–H and O–H groups in total. The van der Waals surface area contributed by atoms with Gasteiger partial charge in [0.25, 0.3) is 0 Å². The van der Waals surface area contributed by atoms with Gasteiger partial charge in [-0.15, -0.1) is 0 Å². The van der Waals surface area contributed by atoms with Crippen LogP contribution in [0.1, 0.15) is 0 Å². The van der Waals surface area contributed by atoms with E-state index in [4.69, 9.17) is 4.74 Å². The molecular weight excluding hydrogens is 288 g/mol. The van der Waals surface area contributed by atoms with Gasteiger partial charge in [0, 0.05) is 22.9 Å². The summed E-state index contributed by atoms with van der Waals surface area (Å²) in [7, 11) is 0. The third-order valence-electron chi connectivity index (χ3n) is 3.86. The van der Waals surface area contributed by atoms with Crippen LogP contribution in [0.3, 0.4) is 0 Å². The molecule has 0 fully saturated rings. The molecule has 3 heteroatoms. The SMILES string of the molecule is Oc1cc(Oc2cc(O)c3ccccc3c2)cc2ccccc12. The number of rotatable bonds is 2. The van der Waals surface area contributed by atoms with Crippen LogP contribution in [0, 0.1) is 0 Å². The highest BCUT2D eigenvalue weighted by Gasteiger charge is 2.07. The van der Waals surface area contributed by atoms with Crippen molar-refractivity contribution in [2.75, 3.05) is 0 Å². The quantitative estimate of drug-likeness (QED) is 0.535. The van der Waals surface area contributed by atoms with Gasteiger partial charge >= 0.3 is 0 Å². The molecule has 0 unspecified atom stereocenters. The van der Waals surface area contributed by atoms with Gasteiger partial charge in [-0.2, -0.15) is 0 Å². The van der Waals surface area contributed by atoms with E-state index in [-0.39, 0.29) is 11.5 Å². The standard InChI is InChI=1S/C20H14O3/c21-19-11-15(9-13-5-1-3-7-17(13)19)23-16-10-14-6-2-4-8-18(14)20(22)12-16/h1-12,21-22H. The second kappa shape index (κ2) is 5.21. The summed E-state index contributed by atoms with van der Waals surface area (Å²) < 4.78 is 5.84. The fourth-order valence-electron chi connectivity index (χ4n) is 2.78. The number of hydrogen-bond acceptors (Lipinski definition) is 3. The zero-order valence-corrected chi connectivity index (χ0v) is 12.2. The van der Waals surface area contributed by atoms with Crippen LogP contribution in [0.2, 0.25) is 0 Å². The minimum atomic E-state index is 0.170. The summed E-state index contributed by atoms with van der Waals surface area (Å²) in [6.07, 6.45) is 0. The molecule has 0 radical (unpaired) electrons. The Hall–Kier alpha value is -3.20. The van der Waals surface area contributed by atoms with E-state index in [0.29, 0.717) is 11.5 Å². The Balaban J connectivity index is 1.78. The molecule has 4 aromatic carbocycles. The molecule has 0 aromatic heterocycles. The Bertz CT molecular complexity index is 938. The first-order chi connectivity index (χ1) is 11.2. The second-order valence-electron chi connectivity index (χ2n) is 5.43. The van der Waals surface area contributed by atoms with Crippen LogP contribution in [0.15, 0.2) is 72.8 Å². The van der Waals surface area contributed by atoms with Crippen molar-refractivity contribution >= 4 is 21.5 Å². The van der Waals surface area contributed by atoms with Gasteiger partial charge in [-0.1, -0.05) is 48.5 Å². The molecule has 23 heavy (non-hydrogen) atoms. The van der Waals surface area contributed by atoms with Crippen LogP contribution in [0.5, 0.6) is 23.0 Å². The lowest BCUT2D eigenvalue weighted by Crippen LogP contribution is -1.86. The van der Waals surface area contributed by atoms with Gasteiger partial charge in [0.05, 0.1) is 0 Å². The molecule has 0 bridgehead atoms. The van der Waals surface area contributed by atoms with E-state index >= 15 is 0 Å². The number of ether oxygens (including phenoxy) is 1. The summed E-state index contributed by atoms with van der Waals surface area (Å²) in [5.74, 6) is 1.39. The van der Waals surface area contributed by atoms with E-state index in [1.165, 1.54) is 0 Å². The van der Waals surface area contributed by atoms with Crippen molar-refractivity contribution in [1.29, 1.82) is 0 Å². The van der Waals surface area contributed by atoms with E-state index in [9.17, 15) is 10.2 Å². The molecular formula is C20H14O3. The summed E-state index contributed by atoms with van der Waals surface area (Å²) in [5, 5.41) is 23.6. The van der Waals surface area contributed by atoms with E-state index in [1.807, 2.05) is 60.7 Å². The molecule has 112 valence electrons. The summed E-state index contributed by atoms with van der Waals surface area (Å²) >= 11 is 0. The van der Waals surface area contributed by atoms with Crippen molar-refractivity contribution in [3.8, 4) is 23.0 Å². The number of fused-ring (bicyclic) bond motifs is 2. The van der Waals surface area contributed by atoms with Crippen molar-refractivity contribution in [3.05, 3.63) is 72.8 Å². The number of hydrogen-bond donors (Lipinski definition) is 2. The van der Waals surface area contributed by atoms with Crippen molar-refractivity contribution in [2.24, 2.45) is 0 Å². The summed E-state index contributed by atoms with van der Waals surface area (Å²) in [6.45, 7) is 0. The minimum absolute atomic E-state index is 0.170. The van der Waals surface area contributed by atoms with Gasteiger partial charge in [-0.3, -0.25) is 0 Å². The van der Waals surface area contributed by atoms with Crippen LogP contribution < -0.4 is 4.74 Å². The van der Waals surface area contributed by atoms with Gasteiger partial charge in [0.1, 0.15) is 23.0 Å². The van der Waals surface area contributed by atoms with Crippen LogP contribution in [-0.2, 0) is 0 Å². The molecule has 0 aliphatic rings. The highest BCUT2D eigenvalue weighted by molar-refractivity contribution is 5.90. The maximum absolute atomic E-state index is 10.1. The van der Waals surface area contributed by atoms with Gasteiger partial charge < -0.3 is 14.9 Å². The maximum atomic E-state index is 10.1. The molecule has 4 rings (SSSR count). The second-order valence-corrected chi connectivity index (χ2v) is 5.43. The third kappa shape index (κ3) is 2.42. The molecule has 4 aromatic rings. The van der Waals surface area contributed by atoms with Gasteiger partial charge in [-0.05, 0) is 22.9 Å². The molecule has 0 saturated carbocycles. The third-order valence-corrected chi connectivity index (χ3v) is 3.86. The first kappa shape index (κ1) is 13.5. The van der Waals surface area contributed by atoms with E-state index in [2.05, 4.69) is 0 Å². The molecule has 0 heterocycles. The topological polar surface area (TPSA) is 49.7 Å². The lowest BCUT2D eigenvalue weighted by atomic mass is 10.1.